The summed E-state index contributed by atoms with van der Waals surface area (Å²) in [5.74, 6) is 0.288. The minimum absolute atomic E-state index is 0.0798. The highest BCUT2D eigenvalue weighted by molar-refractivity contribution is 5.38. The van der Waals surface area contributed by atoms with Crippen LogP contribution in [0.4, 0.5) is 0 Å². The van der Waals surface area contributed by atoms with E-state index in [1.54, 1.807) is 12.1 Å². The van der Waals surface area contributed by atoms with Gasteiger partial charge in [-0.25, -0.2) is 0 Å². The average molecular weight is 272 g/mol. The SMILES string of the molecule is CC(COCCc1ccccc1)c1cc(O)cc(O)c1. The Hall–Kier alpha value is -2.00. The van der Waals surface area contributed by atoms with Gasteiger partial charge in [-0.05, 0) is 29.7 Å². The van der Waals surface area contributed by atoms with E-state index in [2.05, 4.69) is 12.1 Å². The van der Waals surface area contributed by atoms with Crippen LogP contribution in [0.2, 0.25) is 0 Å². The smallest absolute Gasteiger partial charge is 0.119 e. The first-order valence-electron chi connectivity index (χ1n) is 6.80. The number of aromatic hydroxyl groups is 2. The summed E-state index contributed by atoms with van der Waals surface area (Å²) in [4.78, 5) is 0. The Bertz CT molecular complexity index is 517. The third-order valence-electron chi connectivity index (χ3n) is 3.24. The molecule has 3 nitrogen and oxygen atoms in total. The fourth-order valence-corrected chi connectivity index (χ4v) is 2.09. The Balaban J connectivity index is 1.79. The summed E-state index contributed by atoms with van der Waals surface area (Å²) < 4.78 is 5.67. The Morgan fingerprint density at radius 2 is 1.65 bits per heavy atom. The maximum absolute atomic E-state index is 9.46. The second-order valence-electron chi connectivity index (χ2n) is 4.99. The lowest BCUT2D eigenvalue weighted by Gasteiger charge is -2.13. The number of hydrogen-bond acceptors (Lipinski definition) is 3. The molecule has 106 valence electrons. The summed E-state index contributed by atoms with van der Waals surface area (Å²) in [5, 5.41) is 18.9. The zero-order chi connectivity index (χ0) is 14.4. The molecular formula is C17H20O3. The van der Waals surface area contributed by atoms with E-state index in [-0.39, 0.29) is 17.4 Å². The molecule has 0 aromatic heterocycles. The van der Waals surface area contributed by atoms with Crippen LogP contribution in [0.1, 0.15) is 24.0 Å². The van der Waals surface area contributed by atoms with Crippen LogP contribution in [0.25, 0.3) is 0 Å². The van der Waals surface area contributed by atoms with Crippen LogP contribution in [0.15, 0.2) is 48.5 Å². The molecule has 0 amide bonds. The van der Waals surface area contributed by atoms with Crippen molar-refractivity contribution in [2.45, 2.75) is 19.3 Å². The molecule has 0 saturated carbocycles. The summed E-state index contributed by atoms with van der Waals surface area (Å²) in [5.41, 5.74) is 2.14. The van der Waals surface area contributed by atoms with Gasteiger partial charge in [0.05, 0.1) is 13.2 Å². The van der Waals surface area contributed by atoms with Crippen LogP contribution >= 0.6 is 0 Å². The van der Waals surface area contributed by atoms with Crippen molar-refractivity contribution in [3.8, 4) is 11.5 Å². The second kappa shape index (κ2) is 6.96. The minimum atomic E-state index is 0.0798. The first-order chi connectivity index (χ1) is 9.65. The zero-order valence-electron chi connectivity index (χ0n) is 11.6. The van der Waals surface area contributed by atoms with E-state index in [0.717, 1.165) is 12.0 Å². The highest BCUT2D eigenvalue weighted by Gasteiger charge is 2.08. The van der Waals surface area contributed by atoms with Gasteiger partial charge < -0.3 is 14.9 Å². The molecule has 2 aromatic carbocycles. The van der Waals surface area contributed by atoms with Crippen molar-refractivity contribution in [2.24, 2.45) is 0 Å². The van der Waals surface area contributed by atoms with Gasteiger partial charge in [0.15, 0.2) is 0 Å². The normalized spacial score (nSPS) is 12.2. The lowest BCUT2D eigenvalue weighted by Crippen LogP contribution is -2.07. The molecule has 0 heterocycles. The summed E-state index contributed by atoms with van der Waals surface area (Å²) in [6, 6.07) is 14.9. The van der Waals surface area contributed by atoms with Crippen molar-refractivity contribution >= 4 is 0 Å². The quantitative estimate of drug-likeness (QED) is 0.792. The molecule has 1 atom stereocenters. The monoisotopic (exact) mass is 272 g/mol. The van der Waals surface area contributed by atoms with Gasteiger partial charge in [0.2, 0.25) is 0 Å². The molecule has 0 radical (unpaired) electrons. The number of ether oxygens (including phenoxy) is 1. The van der Waals surface area contributed by atoms with Crippen LogP contribution in [0.5, 0.6) is 11.5 Å². The average Bonchev–Trinajstić information content (AvgIpc) is 2.43. The van der Waals surface area contributed by atoms with E-state index in [9.17, 15) is 10.2 Å². The first-order valence-corrected chi connectivity index (χ1v) is 6.80. The Morgan fingerprint density at radius 1 is 1.00 bits per heavy atom. The lowest BCUT2D eigenvalue weighted by molar-refractivity contribution is 0.126. The van der Waals surface area contributed by atoms with Gasteiger partial charge in [-0.1, -0.05) is 37.3 Å². The third kappa shape index (κ3) is 4.28. The van der Waals surface area contributed by atoms with E-state index >= 15 is 0 Å². The van der Waals surface area contributed by atoms with Crippen LogP contribution in [0, 0.1) is 0 Å². The molecule has 0 aliphatic carbocycles. The van der Waals surface area contributed by atoms with Crippen molar-refractivity contribution in [2.75, 3.05) is 13.2 Å². The number of hydrogen-bond donors (Lipinski definition) is 2. The molecule has 0 spiro atoms. The Labute approximate surface area is 119 Å². The van der Waals surface area contributed by atoms with Gasteiger partial charge in [-0.15, -0.1) is 0 Å². The molecule has 1 unspecified atom stereocenters. The zero-order valence-corrected chi connectivity index (χ0v) is 11.6. The van der Waals surface area contributed by atoms with Crippen molar-refractivity contribution in [1.82, 2.24) is 0 Å². The summed E-state index contributed by atoms with van der Waals surface area (Å²) in [7, 11) is 0. The topological polar surface area (TPSA) is 49.7 Å². The van der Waals surface area contributed by atoms with Crippen LogP contribution in [-0.2, 0) is 11.2 Å². The number of rotatable bonds is 6. The lowest BCUT2D eigenvalue weighted by atomic mass is 10.0. The maximum atomic E-state index is 9.46. The second-order valence-corrected chi connectivity index (χ2v) is 4.99. The molecule has 0 aliphatic rings. The fraction of sp³-hybridized carbons (Fsp3) is 0.294. The molecule has 20 heavy (non-hydrogen) atoms. The van der Waals surface area contributed by atoms with Gasteiger partial charge in [0.25, 0.3) is 0 Å². The van der Waals surface area contributed by atoms with E-state index in [1.807, 2.05) is 25.1 Å². The molecule has 2 rings (SSSR count). The molecule has 0 fully saturated rings. The largest absolute Gasteiger partial charge is 0.508 e. The molecule has 0 saturated heterocycles. The summed E-state index contributed by atoms with van der Waals surface area (Å²) in [6.07, 6.45) is 0.888. The van der Waals surface area contributed by atoms with Gasteiger partial charge >= 0.3 is 0 Å². The predicted molar refractivity (Wildman–Crippen MR) is 79.2 cm³/mol. The number of benzene rings is 2. The molecular weight excluding hydrogens is 252 g/mol. The van der Waals surface area contributed by atoms with Crippen LogP contribution in [-0.4, -0.2) is 23.4 Å². The van der Waals surface area contributed by atoms with Crippen LogP contribution < -0.4 is 0 Å². The van der Waals surface area contributed by atoms with Crippen molar-refractivity contribution < 1.29 is 14.9 Å². The molecule has 0 bridgehead atoms. The Morgan fingerprint density at radius 3 is 2.30 bits per heavy atom. The van der Waals surface area contributed by atoms with Gasteiger partial charge in [-0.2, -0.15) is 0 Å². The van der Waals surface area contributed by atoms with Gasteiger partial charge in [0.1, 0.15) is 11.5 Å². The third-order valence-corrected chi connectivity index (χ3v) is 3.24. The standard InChI is InChI=1S/C17H20O3/c1-13(15-9-16(18)11-17(19)10-15)12-20-8-7-14-5-3-2-4-6-14/h2-6,9-11,13,18-19H,7-8,12H2,1H3. The Kier molecular flexibility index (Phi) is 5.02. The fourth-order valence-electron chi connectivity index (χ4n) is 2.09. The van der Waals surface area contributed by atoms with Gasteiger partial charge in [0, 0.05) is 12.0 Å². The first kappa shape index (κ1) is 14.4. The van der Waals surface area contributed by atoms with E-state index in [4.69, 9.17) is 4.74 Å². The minimum Gasteiger partial charge on any atom is -0.508 e. The highest BCUT2D eigenvalue weighted by Crippen LogP contribution is 2.26. The van der Waals surface area contributed by atoms with Gasteiger partial charge in [-0.3, -0.25) is 0 Å². The maximum Gasteiger partial charge on any atom is 0.119 e. The molecule has 0 aliphatic heterocycles. The molecule has 2 aromatic rings. The summed E-state index contributed by atoms with van der Waals surface area (Å²) in [6.45, 7) is 3.24. The van der Waals surface area contributed by atoms with Crippen LogP contribution in [0.3, 0.4) is 0 Å². The van der Waals surface area contributed by atoms with Crippen molar-refractivity contribution in [3.63, 3.8) is 0 Å². The number of phenolic OH excluding ortho intramolecular Hbond substituents is 2. The molecule has 3 heteroatoms. The van der Waals surface area contributed by atoms with E-state index in [1.165, 1.54) is 11.6 Å². The number of phenols is 2. The van der Waals surface area contributed by atoms with E-state index < -0.39 is 0 Å². The van der Waals surface area contributed by atoms with Crippen molar-refractivity contribution in [3.05, 3.63) is 59.7 Å². The van der Waals surface area contributed by atoms with E-state index in [0.29, 0.717) is 13.2 Å². The summed E-state index contributed by atoms with van der Waals surface area (Å²) >= 11 is 0. The predicted octanol–water partition coefficient (Wildman–Crippen LogP) is 3.46. The van der Waals surface area contributed by atoms with Crippen molar-refractivity contribution in [1.29, 1.82) is 0 Å². The highest BCUT2D eigenvalue weighted by atomic mass is 16.5. The molecule has 2 N–H and O–H groups in total.